The Bertz CT molecular complexity index is 1300. The molecule has 0 saturated carbocycles. The first kappa shape index (κ1) is 19.7. The summed E-state index contributed by atoms with van der Waals surface area (Å²) in [5, 5.41) is 1.87. The van der Waals surface area contributed by atoms with Crippen molar-refractivity contribution in [1.82, 2.24) is 19.1 Å². The molecule has 2 N–H and O–H groups in total. The van der Waals surface area contributed by atoms with Crippen molar-refractivity contribution in [1.29, 1.82) is 0 Å². The first-order valence-corrected chi connectivity index (χ1v) is 10.2. The van der Waals surface area contributed by atoms with Crippen LogP contribution < -0.4 is 11.4 Å². The van der Waals surface area contributed by atoms with Crippen molar-refractivity contribution in [2.75, 3.05) is 0 Å². The number of nitrogens with zero attached hydrogens (tertiary/aromatic N) is 4. The number of carbonyl (C=O) groups is 2. The molecule has 4 rings (SSSR count). The number of fused-ring (bicyclic) bond motifs is 1. The number of carbonyl (C=O) groups excluding carboxylic acids is 2. The van der Waals surface area contributed by atoms with Crippen molar-refractivity contribution in [3.05, 3.63) is 69.6 Å². The molecule has 0 aliphatic rings. The Kier molecular flexibility index (Phi) is 5.04. The van der Waals surface area contributed by atoms with Crippen LogP contribution in [0.3, 0.4) is 0 Å². The summed E-state index contributed by atoms with van der Waals surface area (Å²) in [6.45, 7) is 3.42. The molecular formula is C21H19N5O3S. The third kappa shape index (κ3) is 3.33. The second-order valence-corrected chi connectivity index (χ2v) is 7.98. The Morgan fingerprint density at radius 3 is 2.43 bits per heavy atom. The summed E-state index contributed by atoms with van der Waals surface area (Å²) in [6, 6.07) is 12.1. The van der Waals surface area contributed by atoms with Crippen LogP contribution in [0.1, 0.15) is 40.7 Å². The van der Waals surface area contributed by atoms with Gasteiger partial charge in [-0.1, -0.05) is 36.4 Å². The third-order valence-electron chi connectivity index (χ3n) is 4.69. The van der Waals surface area contributed by atoms with E-state index in [1.54, 1.807) is 30.3 Å². The van der Waals surface area contributed by atoms with Crippen molar-refractivity contribution in [2.24, 2.45) is 5.73 Å². The number of benzene rings is 1. The van der Waals surface area contributed by atoms with Gasteiger partial charge in [-0.15, -0.1) is 11.3 Å². The average Bonchev–Trinajstić information content (AvgIpc) is 3.35. The first-order valence-electron chi connectivity index (χ1n) is 9.33. The highest BCUT2D eigenvalue weighted by molar-refractivity contribution is 7.13. The van der Waals surface area contributed by atoms with Gasteiger partial charge in [0.25, 0.3) is 5.91 Å². The van der Waals surface area contributed by atoms with Crippen LogP contribution in [-0.4, -0.2) is 30.8 Å². The van der Waals surface area contributed by atoms with Crippen LogP contribution in [0.2, 0.25) is 0 Å². The number of amides is 1. The molecule has 1 amide bonds. The zero-order valence-electron chi connectivity index (χ0n) is 16.4. The summed E-state index contributed by atoms with van der Waals surface area (Å²) >= 11 is 1.41. The molecule has 3 heterocycles. The van der Waals surface area contributed by atoms with E-state index in [1.807, 2.05) is 31.4 Å². The molecule has 0 radical (unpaired) electrons. The second-order valence-electron chi connectivity index (χ2n) is 7.03. The van der Waals surface area contributed by atoms with Crippen LogP contribution in [0.25, 0.3) is 21.9 Å². The van der Waals surface area contributed by atoms with Gasteiger partial charge in [0, 0.05) is 11.6 Å². The number of rotatable bonds is 6. The lowest BCUT2D eigenvalue weighted by atomic mass is 10.1. The highest BCUT2D eigenvalue weighted by Crippen LogP contribution is 2.26. The minimum Gasteiger partial charge on any atom is -0.364 e. The number of thiophene rings is 1. The van der Waals surface area contributed by atoms with Crippen molar-refractivity contribution >= 4 is 34.2 Å². The summed E-state index contributed by atoms with van der Waals surface area (Å²) in [5.41, 5.74) is 6.01. The van der Waals surface area contributed by atoms with Gasteiger partial charge in [-0.05, 0) is 25.3 Å². The summed E-state index contributed by atoms with van der Waals surface area (Å²) in [6.07, 6.45) is 0. The van der Waals surface area contributed by atoms with E-state index in [9.17, 15) is 14.4 Å². The number of hydrogen-bond acceptors (Lipinski definition) is 6. The summed E-state index contributed by atoms with van der Waals surface area (Å²) < 4.78 is 2.70. The van der Waals surface area contributed by atoms with E-state index in [1.165, 1.54) is 20.5 Å². The Morgan fingerprint density at radius 2 is 1.83 bits per heavy atom. The Hall–Kier alpha value is -3.59. The third-order valence-corrected chi connectivity index (χ3v) is 5.56. The van der Waals surface area contributed by atoms with E-state index in [2.05, 4.69) is 9.97 Å². The predicted molar refractivity (Wildman–Crippen MR) is 115 cm³/mol. The van der Waals surface area contributed by atoms with Gasteiger partial charge in [0.1, 0.15) is 5.52 Å². The number of Topliss-reactive ketones (excluding diaryl/α,β-unsaturated/α-hetero) is 1. The standard InChI is InChI=1S/C21H19N5O3S/c1-12(2)26-20-17(16(18(22)28)23-19(24-20)15-9-6-10-30-15)25(21(26)29)11-14(27)13-7-4-3-5-8-13/h3-10,12H,11H2,1-2H3,(H2,22,28). The molecule has 0 atom stereocenters. The number of aromatic nitrogens is 4. The molecular weight excluding hydrogens is 402 g/mol. The van der Waals surface area contributed by atoms with Gasteiger partial charge in [-0.2, -0.15) is 0 Å². The van der Waals surface area contributed by atoms with E-state index in [0.717, 1.165) is 4.88 Å². The molecule has 0 saturated heterocycles. The van der Waals surface area contributed by atoms with Gasteiger partial charge in [0.15, 0.2) is 22.9 Å². The molecule has 8 nitrogen and oxygen atoms in total. The minimum atomic E-state index is -0.790. The Balaban J connectivity index is 1.99. The fourth-order valence-corrected chi connectivity index (χ4v) is 3.99. The van der Waals surface area contributed by atoms with Crippen LogP contribution in [0.5, 0.6) is 0 Å². The van der Waals surface area contributed by atoms with Gasteiger partial charge in [-0.3, -0.25) is 18.7 Å². The van der Waals surface area contributed by atoms with E-state index in [4.69, 9.17) is 5.73 Å². The lowest BCUT2D eigenvalue weighted by Gasteiger charge is -2.08. The SMILES string of the molecule is CC(C)n1c(=O)n(CC(=O)c2ccccc2)c2c(C(N)=O)nc(-c3cccs3)nc21. The highest BCUT2D eigenvalue weighted by atomic mass is 32.1. The van der Waals surface area contributed by atoms with Crippen LogP contribution in [0.15, 0.2) is 52.6 Å². The minimum absolute atomic E-state index is 0.0826. The van der Waals surface area contributed by atoms with Gasteiger partial charge in [0.05, 0.1) is 11.4 Å². The van der Waals surface area contributed by atoms with Gasteiger partial charge >= 0.3 is 5.69 Å². The zero-order valence-corrected chi connectivity index (χ0v) is 17.2. The summed E-state index contributed by atoms with van der Waals surface area (Å²) in [4.78, 5) is 47.9. The molecule has 3 aromatic heterocycles. The van der Waals surface area contributed by atoms with Crippen LogP contribution >= 0.6 is 11.3 Å². The number of hydrogen-bond donors (Lipinski definition) is 1. The first-order chi connectivity index (χ1) is 14.4. The second kappa shape index (κ2) is 7.68. The van der Waals surface area contributed by atoms with Gasteiger partial charge in [-0.25, -0.2) is 14.8 Å². The largest absolute Gasteiger partial charge is 0.364 e. The fraction of sp³-hybridized carbons (Fsp3) is 0.190. The smallest absolute Gasteiger partial charge is 0.331 e. The van der Waals surface area contributed by atoms with E-state index in [-0.39, 0.29) is 35.2 Å². The van der Waals surface area contributed by atoms with E-state index < -0.39 is 11.6 Å². The quantitative estimate of drug-likeness (QED) is 0.481. The predicted octanol–water partition coefficient (Wildman–Crippen LogP) is 2.88. The molecule has 9 heteroatoms. The molecule has 0 spiro atoms. The number of imidazole rings is 1. The topological polar surface area (TPSA) is 113 Å². The molecule has 152 valence electrons. The summed E-state index contributed by atoms with van der Waals surface area (Å²) in [7, 11) is 0. The molecule has 30 heavy (non-hydrogen) atoms. The Morgan fingerprint density at radius 1 is 1.10 bits per heavy atom. The maximum atomic E-state index is 13.2. The van der Waals surface area contributed by atoms with Gasteiger partial charge < -0.3 is 5.73 Å². The lowest BCUT2D eigenvalue weighted by Crippen LogP contribution is -2.28. The molecule has 0 fully saturated rings. The normalized spacial score (nSPS) is 11.3. The fourth-order valence-electron chi connectivity index (χ4n) is 3.33. The molecule has 0 bridgehead atoms. The van der Waals surface area contributed by atoms with Crippen LogP contribution in [0.4, 0.5) is 0 Å². The molecule has 1 aromatic carbocycles. The molecule has 0 unspecified atom stereocenters. The van der Waals surface area contributed by atoms with Gasteiger partial charge in [0.2, 0.25) is 0 Å². The van der Waals surface area contributed by atoms with E-state index in [0.29, 0.717) is 11.4 Å². The van der Waals surface area contributed by atoms with Crippen molar-refractivity contribution in [2.45, 2.75) is 26.4 Å². The summed E-state index contributed by atoms with van der Waals surface area (Å²) in [5.74, 6) is -0.743. The average molecular weight is 421 g/mol. The van der Waals surface area contributed by atoms with Crippen molar-refractivity contribution < 1.29 is 9.59 Å². The molecule has 0 aliphatic heterocycles. The number of nitrogens with two attached hydrogens (primary N) is 1. The monoisotopic (exact) mass is 421 g/mol. The van der Waals surface area contributed by atoms with Crippen molar-refractivity contribution in [3.63, 3.8) is 0 Å². The maximum absolute atomic E-state index is 13.2. The highest BCUT2D eigenvalue weighted by Gasteiger charge is 2.26. The molecule has 0 aliphatic carbocycles. The molecule has 4 aromatic rings. The Labute approximate surface area is 175 Å². The maximum Gasteiger partial charge on any atom is 0.331 e. The van der Waals surface area contributed by atoms with Crippen molar-refractivity contribution in [3.8, 4) is 10.7 Å². The van der Waals surface area contributed by atoms with Crippen LogP contribution in [-0.2, 0) is 6.54 Å². The number of ketones is 1. The number of primary amides is 1. The van der Waals surface area contributed by atoms with Crippen LogP contribution in [0, 0.1) is 0 Å². The van der Waals surface area contributed by atoms with E-state index >= 15 is 0 Å². The lowest BCUT2D eigenvalue weighted by molar-refractivity contribution is 0.0966. The zero-order chi connectivity index (χ0) is 21.4.